The van der Waals surface area contributed by atoms with Crippen LogP contribution in [0, 0.1) is 12.7 Å². The maximum absolute atomic E-state index is 13.0. The Morgan fingerprint density at radius 2 is 2.00 bits per heavy atom. The van der Waals surface area contributed by atoms with Gasteiger partial charge < -0.3 is 10.3 Å². The van der Waals surface area contributed by atoms with Crippen molar-refractivity contribution in [3.05, 3.63) is 70.7 Å². The van der Waals surface area contributed by atoms with E-state index < -0.39 is 0 Å². The molecule has 0 saturated heterocycles. The Hall–Kier alpha value is -2.62. The largest absolute Gasteiger partial charge is 0.356 e. The molecule has 24 heavy (non-hydrogen) atoms. The van der Waals surface area contributed by atoms with Crippen LogP contribution in [0.4, 0.5) is 4.39 Å². The molecule has 1 aliphatic rings. The zero-order valence-corrected chi connectivity index (χ0v) is 13.5. The van der Waals surface area contributed by atoms with Crippen molar-refractivity contribution in [3.8, 4) is 0 Å². The molecule has 0 aliphatic heterocycles. The molecule has 1 atom stereocenters. The molecule has 2 aromatic carbocycles. The molecular weight excluding hydrogens is 303 g/mol. The van der Waals surface area contributed by atoms with Crippen molar-refractivity contribution in [2.24, 2.45) is 0 Å². The van der Waals surface area contributed by atoms with Crippen LogP contribution in [0.25, 0.3) is 10.9 Å². The molecule has 3 aromatic rings. The van der Waals surface area contributed by atoms with Crippen molar-refractivity contribution >= 4 is 16.8 Å². The van der Waals surface area contributed by atoms with E-state index in [9.17, 15) is 9.18 Å². The summed E-state index contributed by atoms with van der Waals surface area (Å²) in [5, 5.41) is 4.35. The van der Waals surface area contributed by atoms with Gasteiger partial charge in [-0.3, -0.25) is 4.79 Å². The average molecular weight is 322 g/mol. The van der Waals surface area contributed by atoms with Gasteiger partial charge in [0, 0.05) is 22.2 Å². The third-order valence-corrected chi connectivity index (χ3v) is 4.77. The monoisotopic (exact) mass is 322 g/mol. The Morgan fingerprint density at radius 3 is 2.79 bits per heavy atom. The molecule has 0 saturated carbocycles. The summed E-state index contributed by atoms with van der Waals surface area (Å²) in [6, 6.07) is 12.0. The van der Waals surface area contributed by atoms with Crippen LogP contribution >= 0.6 is 0 Å². The summed E-state index contributed by atoms with van der Waals surface area (Å²) >= 11 is 0. The molecule has 2 N–H and O–H groups in total. The number of amides is 1. The van der Waals surface area contributed by atoms with Gasteiger partial charge in [0.25, 0.3) is 5.91 Å². The molecular formula is C20H19FN2O. The van der Waals surface area contributed by atoms with Crippen LogP contribution in [0.3, 0.4) is 0 Å². The molecule has 1 heterocycles. The lowest BCUT2D eigenvalue weighted by Crippen LogP contribution is -2.31. The number of H-pyrrole nitrogens is 1. The molecule has 0 radical (unpaired) electrons. The molecule has 1 unspecified atom stereocenters. The van der Waals surface area contributed by atoms with E-state index in [2.05, 4.69) is 35.4 Å². The lowest BCUT2D eigenvalue weighted by atomic mass is 9.91. The van der Waals surface area contributed by atoms with Crippen LogP contribution in [0.1, 0.15) is 46.1 Å². The average Bonchev–Trinajstić information content (AvgIpc) is 2.94. The number of benzene rings is 2. The van der Waals surface area contributed by atoms with E-state index in [1.165, 1.54) is 40.8 Å². The van der Waals surface area contributed by atoms with Crippen LogP contribution in [0.15, 0.2) is 42.5 Å². The fourth-order valence-electron chi connectivity index (χ4n) is 3.56. The van der Waals surface area contributed by atoms with Gasteiger partial charge in [-0.05, 0) is 68.1 Å². The van der Waals surface area contributed by atoms with Gasteiger partial charge in [-0.25, -0.2) is 4.39 Å². The SMILES string of the molecule is Cc1ccc2[nH]c3c(c2c1)CCCC3NC(=O)c1ccc(F)cc1. The lowest BCUT2D eigenvalue weighted by Gasteiger charge is -2.24. The minimum absolute atomic E-state index is 0.0287. The van der Waals surface area contributed by atoms with Crippen LogP contribution in [-0.2, 0) is 6.42 Å². The molecule has 0 spiro atoms. The quantitative estimate of drug-likeness (QED) is 0.720. The van der Waals surface area contributed by atoms with Gasteiger partial charge in [0.1, 0.15) is 5.82 Å². The highest BCUT2D eigenvalue weighted by molar-refractivity contribution is 5.94. The molecule has 4 rings (SSSR count). The Morgan fingerprint density at radius 1 is 1.21 bits per heavy atom. The zero-order valence-electron chi connectivity index (χ0n) is 13.5. The third-order valence-electron chi connectivity index (χ3n) is 4.77. The Balaban J connectivity index is 1.65. The minimum atomic E-state index is -0.336. The minimum Gasteiger partial charge on any atom is -0.356 e. The standard InChI is InChI=1S/C20H19FN2O/c1-12-5-10-17-16(11-12)15-3-2-4-18(19(15)22-17)23-20(24)13-6-8-14(21)9-7-13/h5-11,18,22H,2-4H2,1H3,(H,23,24). The maximum atomic E-state index is 13.0. The molecule has 3 nitrogen and oxygen atoms in total. The highest BCUT2D eigenvalue weighted by atomic mass is 19.1. The predicted octanol–water partition coefficient (Wildman–Crippen LogP) is 4.42. The van der Waals surface area contributed by atoms with Gasteiger partial charge in [0.15, 0.2) is 0 Å². The first-order chi connectivity index (χ1) is 11.6. The number of rotatable bonds is 2. The molecule has 1 aromatic heterocycles. The molecule has 122 valence electrons. The summed E-state index contributed by atoms with van der Waals surface area (Å²) in [5.41, 5.74) is 5.26. The smallest absolute Gasteiger partial charge is 0.251 e. The zero-order chi connectivity index (χ0) is 16.7. The second-order valence-corrected chi connectivity index (χ2v) is 6.49. The van der Waals surface area contributed by atoms with E-state index in [0.717, 1.165) is 30.5 Å². The number of fused-ring (bicyclic) bond motifs is 3. The fourth-order valence-corrected chi connectivity index (χ4v) is 3.56. The van der Waals surface area contributed by atoms with Crippen molar-refractivity contribution in [1.29, 1.82) is 0 Å². The Labute approximate surface area is 139 Å². The number of nitrogens with one attached hydrogen (secondary N) is 2. The first-order valence-corrected chi connectivity index (χ1v) is 8.29. The van der Waals surface area contributed by atoms with Gasteiger partial charge in [-0.1, -0.05) is 11.6 Å². The van der Waals surface area contributed by atoms with Crippen LogP contribution in [-0.4, -0.2) is 10.9 Å². The van der Waals surface area contributed by atoms with Gasteiger partial charge in [-0.15, -0.1) is 0 Å². The number of aromatic amines is 1. The van der Waals surface area contributed by atoms with Crippen molar-refractivity contribution in [1.82, 2.24) is 10.3 Å². The Kier molecular flexibility index (Phi) is 3.60. The number of aromatic nitrogens is 1. The molecule has 0 fully saturated rings. The number of aryl methyl sites for hydroxylation is 2. The highest BCUT2D eigenvalue weighted by Gasteiger charge is 2.25. The van der Waals surface area contributed by atoms with Gasteiger partial charge in [0.2, 0.25) is 0 Å². The molecule has 4 heteroatoms. The summed E-state index contributed by atoms with van der Waals surface area (Å²) in [5.74, 6) is -0.500. The van der Waals surface area contributed by atoms with Crippen molar-refractivity contribution in [3.63, 3.8) is 0 Å². The summed E-state index contributed by atoms with van der Waals surface area (Å²) < 4.78 is 13.0. The van der Waals surface area contributed by atoms with Gasteiger partial charge in [-0.2, -0.15) is 0 Å². The maximum Gasteiger partial charge on any atom is 0.251 e. The number of carbonyl (C=O) groups excluding carboxylic acids is 1. The first kappa shape index (κ1) is 14.9. The summed E-state index contributed by atoms with van der Waals surface area (Å²) in [6.45, 7) is 2.09. The van der Waals surface area contributed by atoms with E-state index in [-0.39, 0.29) is 17.8 Å². The number of carbonyl (C=O) groups is 1. The summed E-state index contributed by atoms with van der Waals surface area (Å²) in [6.07, 6.45) is 2.98. The highest BCUT2D eigenvalue weighted by Crippen LogP contribution is 2.35. The van der Waals surface area contributed by atoms with Crippen molar-refractivity contribution in [2.45, 2.75) is 32.2 Å². The van der Waals surface area contributed by atoms with Crippen LogP contribution < -0.4 is 5.32 Å². The normalized spacial score (nSPS) is 16.8. The third kappa shape index (κ3) is 2.58. The topological polar surface area (TPSA) is 44.9 Å². The van der Waals surface area contributed by atoms with Gasteiger partial charge in [0.05, 0.1) is 6.04 Å². The fraction of sp³-hybridized carbons (Fsp3) is 0.250. The number of halogens is 1. The predicted molar refractivity (Wildman–Crippen MR) is 92.6 cm³/mol. The van der Waals surface area contributed by atoms with E-state index in [1.807, 2.05) is 0 Å². The Bertz CT molecular complexity index is 911. The van der Waals surface area contributed by atoms with Crippen molar-refractivity contribution < 1.29 is 9.18 Å². The summed E-state index contributed by atoms with van der Waals surface area (Å²) in [7, 11) is 0. The molecule has 1 aliphatic carbocycles. The second-order valence-electron chi connectivity index (χ2n) is 6.49. The van der Waals surface area contributed by atoms with Crippen LogP contribution in [0.2, 0.25) is 0 Å². The molecule has 1 amide bonds. The van der Waals surface area contributed by atoms with E-state index in [0.29, 0.717) is 5.56 Å². The first-order valence-electron chi connectivity index (χ1n) is 8.29. The van der Waals surface area contributed by atoms with E-state index >= 15 is 0 Å². The lowest BCUT2D eigenvalue weighted by molar-refractivity contribution is 0.0932. The van der Waals surface area contributed by atoms with Gasteiger partial charge >= 0.3 is 0 Å². The van der Waals surface area contributed by atoms with Crippen molar-refractivity contribution in [2.75, 3.05) is 0 Å². The van der Waals surface area contributed by atoms with E-state index in [1.54, 1.807) is 0 Å². The summed E-state index contributed by atoms with van der Waals surface area (Å²) in [4.78, 5) is 15.9. The number of hydrogen-bond acceptors (Lipinski definition) is 1. The molecule has 0 bridgehead atoms. The number of hydrogen-bond donors (Lipinski definition) is 2. The second kappa shape index (κ2) is 5.78. The van der Waals surface area contributed by atoms with Crippen LogP contribution in [0.5, 0.6) is 0 Å². The van der Waals surface area contributed by atoms with E-state index in [4.69, 9.17) is 0 Å².